The van der Waals surface area contributed by atoms with E-state index in [1.807, 2.05) is 23.6 Å². The fourth-order valence-corrected chi connectivity index (χ4v) is 4.33. The first-order valence-electron chi connectivity index (χ1n) is 8.80. The molecule has 0 bridgehead atoms. The quantitative estimate of drug-likeness (QED) is 0.596. The molecule has 0 radical (unpaired) electrons. The highest BCUT2D eigenvalue weighted by atomic mass is 35.5. The van der Waals surface area contributed by atoms with E-state index in [9.17, 15) is 0 Å². The number of fused-ring (bicyclic) bond motifs is 1. The second-order valence-electron chi connectivity index (χ2n) is 6.65. The Bertz CT molecular complexity index is 942. The van der Waals surface area contributed by atoms with Crippen LogP contribution in [0.2, 0.25) is 10.0 Å². The number of rotatable bonds is 3. The van der Waals surface area contributed by atoms with Crippen molar-refractivity contribution >= 4 is 28.8 Å². The molecule has 0 unspecified atom stereocenters. The highest BCUT2D eigenvalue weighted by Gasteiger charge is 2.27. The molecule has 4 nitrogen and oxygen atoms in total. The van der Waals surface area contributed by atoms with E-state index >= 15 is 0 Å². The van der Waals surface area contributed by atoms with Gasteiger partial charge in [-0.05, 0) is 50.3 Å². The molecule has 1 fully saturated rings. The summed E-state index contributed by atoms with van der Waals surface area (Å²) in [4.78, 5) is 9.38. The highest BCUT2D eigenvalue weighted by molar-refractivity contribution is 6.36. The van der Waals surface area contributed by atoms with Crippen molar-refractivity contribution in [1.82, 2.24) is 19.6 Å². The lowest BCUT2D eigenvalue weighted by atomic mass is 9.96. The molecule has 0 amide bonds. The van der Waals surface area contributed by atoms with Crippen molar-refractivity contribution in [3.63, 3.8) is 0 Å². The second-order valence-corrected chi connectivity index (χ2v) is 7.49. The van der Waals surface area contributed by atoms with Crippen molar-refractivity contribution in [3.05, 3.63) is 45.3 Å². The Hall–Kier alpha value is -1.65. The lowest BCUT2D eigenvalue weighted by molar-refractivity contribution is 0.716. The minimum atomic E-state index is 0.551. The monoisotopic (exact) mass is 374 g/mol. The van der Waals surface area contributed by atoms with Gasteiger partial charge in [-0.3, -0.25) is 0 Å². The fraction of sp³-hybridized carbons (Fsp3) is 0.421. The van der Waals surface area contributed by atoms with Gasteiger partial charge in [-0.1, -0.05) is 43.0 Å². The van der Waals surface area contributed by atoms with Crippen LogP contribution in [0.5, 0.6) is 0 Å². The molecule has 1 aliphatic rings. The third kappa shape index (κ3) is 2.91. The van der Waals surface area contributed by atoms with Gasteiger partial charge in [-0.25, -0.2) is 9.97 Å². The molecule has 1 aliphatic carbocycles. The number of benzene rings is 1. The number of nitrogens with zero attached hydrogens (tertiary/aromatic N) is 4. The van der Waals surface area contributed by atoms with E-state index in [0.717, 1.165) is 35.0 Å². The van der Waals surface area contributed by atoms with E-state index in [-0.39, 0.29) is 0 Å². The van der Waals surface area contributed by atoms with Crippen molar-refractivity contribution in [2.24, 2.45) is 0 Å². The molecule has 4 rings (SSSR count). The van der Waals surface area contributed by atoms with Crippen LogP contribution in [0.1, 0.15) is 55.6 Å². The number of aromatic nitrogens is 4. The Morgan fingerprint density at radius 1 is 1.16 bits per heavy atom. The summed E-state index contributed by atoms with van der Waals surface area (Å²) in [5.41, 5.74) is 4.18. The van der Waals surface area contributed by atoms with Crippen LogP contribution < -0.4 is 0 Å². The Morgan fingerprint density at radius 2 is 1.92 bits per heavy atom. The maximum atomic E-state index is 6.44. The zero-order valence-electron chi connectivity index (χ0n) is 14.4. The third-order valence-electron chi connectivity index (χ3n) is 4.98. The molecule has 6 heteroatoms. The average Bonchev–Trinajstić information content (AvgIpc) is 3.20. The summed E-state index contributed by atoms with van der Waals surface area (Å²) in [5.74, 6) is 2.01. The van der Waals surface area contributed by atoms with Crippen molar-refractivity contribution < 1.29 is 0 Å². The van der Waals surface area contributed by atoms with Crippen LogP contribution in [0.25, 0.3) is 17.0 Å². The molecule has 0 atom stereocenters. The summed E-state index contributed by atoms with van der Waals surface area (Å²) < 4.78 is 1.87. The summed E-state index contributed by atoms with van der Waals surface area (Å²) in [6.07, 6.45) is 5.89. The summed E-state index contributed by atoms with van der Waals surface area (Å²) in [6, 6.07) is 5.46. The molecule has 3 aromatic rings. The van der Waals surface area contributed by atoms with E-state index in [1.54, 1.807) is 6.07 Å². The number of hydrogen-bond acceptors (Lipinski definition) is 3. The number of halogens is 2. The van der Waals surface area contributed by atoms with Gasteiger partial charge in [0.15, 0.2) is 11.5 Å². The molecule has 2 heterocycles. The first-order valence-corrected chi connectivity index (χ1v) is 9.55. The Labute approximate surface area is 157 Å². The van der Waals surface area contributed by atoms with Gasteiger partial charge in [-0.15, -0.1) is 0 Å². The fourth-order valence-electron chi connectivity index (χ4n) is 3.84. The van der Waals surface area contributed by atoms with Gasteiger partial charge < -0.3 is 0 Å². The number of aryl methyl sites for hydroxylation is 2. The molecule has 0 aliphatic heterocycles. The zero-order valence-corrected chi connectivity index (χ0v) is 15.9. The van der Waals surface area contributed by atoms with Gasteiger partial charge in [0, 0.05) is 16.1 Å². The van der Waals surface area contributed by atoms with E-state index in [4.69, 9.17) is 33.3 Å². The van der Waals surface area contributed by atoms with E-state index in [2.05, 4.69) is 11.9 Å². The molecular weight excluding hydrogens is 355 g/mol. The van der Waals surface area contributed by atoms with Crippen LogP contribution in [-0.2, 0) is 6.42 Å². The molecule has 1 saturated carbocycles. The third-order valence-corrected chi connectivity index (χ3v) is 5.53. The predicted molar refractivity (Wildman–Crippen MR) is 102 cm³/mol. The van der Waals surface area contributed by atoms with Crippen LogP contribution in [-0.4, -0.2) is 19.6 Å². The minimum Gasteiger partial charge on any atom is -0.214 e. The second kappa shape index (κ2) is 6.58. The van der Waals surface area contributed by atoms with Gasteiger partial charge in [0.25, 0.3) is 0 Å². The molecule has 0 N–H and O–H groups in total. The van der Waals surface area contributed by atoms with Crippen LogP contribution in [0.3, 0.4) is 0 Å². The normalized spacial score (nSPS) is 15.4. The first kappa shape index (κ1) is 16.8. The maximum Gasteiger partial charge on any atom is 0.166 e. The van der Waals surface area contributed by atoms with Crippen molar-refractivity contribution in [1.29, 1.82) is 0 Å². The largest absolute Gasteiger partial charge is 0.214 e. The van der Waals surface area contributed by atoms with Crippen molar-refractivity contribution in [3.8, 4) is 11.4 Å². The summed E-state index contributed by atoms with van der Waals surface area (Å²) in [7, 11) is 0. The predicted octanol–water partition coefficient (Wildman–Crippen LogP) is 5.63. The number of hydrogen-bond donors (Lipinski definition) is 0. The average molecular weight is 375 g/mol. The Kier molecular flexibility index (Phi) is 4.42. The van der Waals surface area contributed by atoms with Crippen molar-refractivity contribution in [2.45, 2.75) is 51.9 Å². The van der Waals surface area contributed by atoms with E-state index < -0.39 is 0 Å². The molecule has 130 valence electrons. The smallest absolute Gasteiger partial charge is 0.166 e. The van der Waals surface area contributed by atoms with Crippen LogP contribution >= 0.6 is 23.2 Å². The maximum absolute atomic E-state index is 6.44. The minimum absolute atomic E-state index is 0.551. The molecule has 0 saturated heterocycles. The van der Waals surface area contributed by atoms with Crippen LogP contribution in [0.15, 0.2) is 18.2 Å². The highest BCUT2D eigenvalue weighted by Crippen LogP contribution is 2.39. The SMILES string of the molecule is CCc1nn2c(-c3ccc(Cl)cc3Cl)nc(C)nc2c1C1CCCC1. The van der Waals surface area contributed by atoms with Crippen LogP contribution in [0.4, 0.5) is 0 Å². The summed E-state index contributed by atoms with van der Waals surface area (Å²) in [6.45, 7) is 4.07. The van der Waals surface area contributed by atoms with Gasteiger partial charge in [0.1, 0.15) is 5.82 Å². The standard InChI is InChI=1S/C19H20Cl2N4/c1-3-16-17(12-6-4-5-7-12)19-23-11(2)22-18(25(19)24-16)14-9-8-13(20)10-15(14)21/h8-10,12H,3-7H2,1-2H3. The van der Waals surface area contributed by atoms with Gasteiger partial charge in [-0.2, -0.15) is 9.61 Å². The van der Waals surface area contributed by atoms with Gasteiger partial charge in [0.05, 0.1) is 10.7 Å². The molecule has 1 aromatic carbocycles. The van der Waals surface area contributed by atoms with Gasteiger partial charge in [0.2, 0.25) is 0 Å². The van der Waals surface area contributed by atoms with Gasteiger partial charge >= 0.3 is 0 Å². The summed E-state index contributed by atoms with van der Waals surface area (Å²) in [5, 5.41) is 6.04. The van der Waals surface area contributed by atoms with Crippen LogP contribution in [0, 0.1) is 6.92 Å². The lowest BCUT2D eigenvalue weighted by Gasteiger charge is -2.10. The Morgan fingerprint density at radius 3 is 2.60 bits per heavy atom. The topological polar surface area (TPSA) is 43.1 Å². The van der Waals surface area contributed by atoms with Crippen molar-refractivity contribution in [2.75, 3.05) is 0 Å². The van der Waals surface area contributed by atoms with E-state index in [1.165, 1.54) is 31.2 Å². The first-order chi connectivity index (χ1) is 12.1. The molecular formula is C19H20Cl2N4. The lowest BCUT2D eigenvalue weighted by Crippen LogP contribution is -2.04. The zero-order chi connectivity index (χ0) is 17.6. The summed E-state index contributed by atoms with van der Waals surface area (Å²) >= 11 is 12.5. The Balaban J connectivity index is 1.99. The molecule has 2 aromatic heterocycles. The molecule has 25 heavy (non-hydrogen) atoms. The molecule has 0 spiro atoms. The van der Waals surface area contributed by atoms with E-state index in [0.29, 0.717) is 16.0 Å².